The van der Waals surface area contributed by atoms with E-state index in [1.807, 2.05) is 13.0 Å². The minimum absolute atomic E-state index is 0.150. The Labute approximate surface area is 224 Å². The molecule has 38 heavy (non-hydrogen) atoms. The quantitative estimate of drug-likeness (QED) is 0.567. The van der Waals surface area contributed by atoms with Crippen molar-refractivity contribution in [3.8, 4) is 0 Å². The Morgan fingerprint density at radius 1 is 1.42 bits per heavy atom. The van der Waals surface area contributed by atoms with Gasteiger partial charge in [-0.2, -0.15) is 0 Å². The molecular formula is C26H31FN6O4S. The molecule has 1 fully saturated rings. The topological polar surface area (TPSA) is 120 Å². The van der Waals surface area contributed by atoms with E-state index in [0.717, 1.165) is 4.90 Å². The lowest BCUT2D eigenvalue weighted by atomic mass is 9.82. The van der Waals surface area contributed by atoms with Gasteiger partial charge in [-0.3, -0.25) is 14.6 Å². The molecule has 1 unspecified atom stereocenters. The van der Waals surface area contributed by atoms with Crippen LogP contribution >= 0.6 is 11.8 Å². The van der Waals surface area contributed by atoms with E-state index >= 15 is 0 Å². The molecule has 0 aromatic carbocycles. The lowest BCUT2D eigenvalue weighted by Gasteiger charge is -2.40. The van der Waals surface area contributed by atoms with Crippen molar-refractivity contribution in [3.05, 3.63) is 41.2 Å². The number of methoxy groups -OCH3 is 1. The summed E-state index contributed by atoms with van der Waals surface area (Å²) in [5.74, 6) is 0.304. The molecule has 5 heterocycles. The third-order valence-electron chi connectivity index (χ3n) is 7.47. The number of anilines is 1. The van der Waals surface area contributed by atoms with Gasteiger partial charge in [-0.1, -0.05) is 0 Å². The van der Waals surface area contributed by atoms with Crippen LogP contribution in [0.4, 0.5) is 10.2 Å². The van der Waals surface area contributed by atoms with E-state index < -0.39 is 23.5 Å². The maximum Gasteiger partial charge on any atom is 0.272 e. The Morgan fingerprint density at radius 3 is 3.00 bits per heavy atom. The molecule has 12 heteroatoms. The lowest BCUT2D eigenvalue weighted by molar-refractivity contribution is -0.113. The van der Waals surface area contributed by atoms with Crippen LogP contribution in [0.15, 0.2) is 50.4 Å². The van der Waals surface area contributed by atoms with Crippen molar-refractivity contribution < 1.29 is 23.8 Å². The number of nitrogens with zero attached hydrogens (tertiary/aromatic N) is 5. The Morgan fingerprint density at radius 2 is 2.24 bits per heavy atom. The second-order valence-corrected chi connectivity index (χ2v) is 11.1. The number of aliphatic imine (C=N–C) groups is 2. The van der Waals surface area contributed by atoms with E-state index in [0.29, 0.717) is 67.6 Å². The minimum atomic E-state index is -0.780. The van der Waals surface area contributed by atoms with Gasteiger partial charge in [-0.25, -0.2) is 14.4 Å². The molecule has 4 aliphatic rings. The largest absolute Gasteiger partial charge is 0.481 e. The van der Waals surface area contributed by atoms with Gasteiger partial charge in [-0.15, -0.1) is 11.8 Å². The van der Waals surface area contributed by atoms with Crippen molar-refractivity contribution in [1.29, 1.82) is 0 Å². The Kier molecular flexibility index (Phi) is 7.38. The van der Waals surface area contributed by atoms with Crippen molar-refractivity contribution in [2.24, 2.45) is 9.98 Å². The number of aliphatic hydroxyl groups excluding tert-OH is 1. The number of piperidine rings is 1. The van der Waals surface area contributed by atoms with Crippen LogP contribution in [0.25, 0.3) is 0 Å². The molecule has 5 rings (SSSR count). The molecule has 4 aliphatic heterocycles. The van der Waals surface area contributed by atoms with E-state index in [1.54, 1.807) is 19.2 Å². The summed E-state index contributed by atoms with van der Waals surface area (Å²) >= 11 is 1.38. The number of aliphatic hydroxyl groups is 1. The molecule has 202 valence electrons. The number of carbonyl (C=O) groups is 2. The molecule has 0 aliphatic carbocycles. The summed E-state index contributed by atoms with van der Waals surface area (Å²) in [5, 5.41) is 13.6. The van der Waals surface area contributed by atoms with Crippen LogP contribution in [-0.2, 0) is 9.53 Å². The highest BCUT2D eigenvalue weighted by atomic mass is 32.2. The number of likely N-dealkylation sites (N-methyl/N-ethyl adjacent to an activating group) is 1. The number of amides is 2. The molecule has 3 atom stereocenters. The van der Waals surface area contributed by atoms with Crippen molar-refractivity contribution in [2.75, 3.05) is 44.9 Å². The maximum absolute atomic E-state index is 14.8. The number of hydrogen-bond donors (Lipinski definition) is 2. The maximum atomic E-state index is 14.8. The molecule has 2 N–H and O–H groups in total. The highest BCUT2D eigenvalue weighted by molar-refractivity contribution is 8.00. The standard InChI is InChI=1S/C26H31FN6O4S/c1-26-9-6-22(37-3)31-23(26)15(16(27)12-28-26)7-10-33-11-8-18(19(34)13-33)32(2)25(36)17-4-5-20-24(29-17)30-21(35)14-38-20/h4-6,12,18-19,34H,7-11,13-14H2,1-3H3,(H,29,30,35)/t18-,19+,26?/m1/s1. The van der Waals surface area contributed by atoms with E-state index in [2.05, 4.69) is 25.2 Å². The summed E-state index contributed by atoms with van der Waals surface area (Å²) in [4.78, 5) is 42.5. The molecule has 1 saturated heterocycles. The summed E-state index contributed by atoms with van der Waals surface area (Å²) in [7, 11) is 3.20. The number of thioether (sulfide) groups is 1. The van der Waals surface area contributed by atoms with Crippen molar-refractivity contribution >= 4 is 41.3 Å². The Bertz CT molecular complexity index is 1280. The number of aromatic nitrogens is 1. The van der Waals surface area contributed by atoms with E-state index in [1.165, 1.54) is 30.0 Å². The van der Waals surface area contributed by atoms with Crippen molar-refractivity contribution in [3.63, 3.8) is 0 Å². The number of ether oxygens (including phenoxy) is 1. The van der Waals surface area contributed by atoms with Crippen molar-refractivity contribution in [1.82, 2.24) is 14.8 Å². The fraction of sp³-hybridized carbons (Fsp3) is 0.500. The van der Waals surface area contributed by atoms with Crippen LogP contribution in [-0.4, -0.2) is 101 Å². The molecule has 1 aromatic heterocycles. The van der Waals surface area contributed by atoms with Gasteiger partial charge in [0.1, 0.15) is 22.9 Å². The number of nitrogens with one attached hydrogen (secondary N) is 1. The molecule has 10 nitrogen and oxygen atoms in total. The Balaban J connectivity index is 1.21. The van der Waals surface area contributed by atoms with Crippen molar-refractivity contribution in [2.45, 2.75) is 48.8 Å². The van der Waals surface area contributed by atoms with E-state index in [4.69, 9.17) is 4.74 Å². The summed E-state index contributed by atoms with van der Waals surface area (Å²) < 4.78 is 20.1. The van der Waals surface area contributed by atoms with Gasteiger partial charge in [0.25, 0.3) is 5.91 Å². The van der Waals surface area contributed by atoms with Gasteiger partial charge in [0, 0.05) is 38.7 Å². The van der Waals surface area contributed by atoms with Crippen LogP contribution in [0.3, 0.4) is 0 Å². The summed E-state index contributed by atoms with van der Waals surface area (Å²) in [6.07, 6.45) is 3.90. The SMILES string of the molecule is COC1=CCC2(C)N=CC(F)=C(CCN3CC[C@@H](N(C)C(=O)c4ccc5c(n4)NC(=O)CS5)[C@@H](O)C3)C2=N1. The van der Waals surface area contributed by atoms with Crippen LogP contribution < -0.4 is 5.32 Å². The number of β-amino-alcohol motifs (C(OH)–C–C–N with tert-alkyl or cyclic N) is 1. The van der Waals surface area contributed by atoms with Gasteiger partial charge >= 0.3 is 0 Å². The molecule has 2 amide bonds. The third kappa shape index (κ3) is 5.12. The fourth-order valence-corrected chi connectivity index (χ4v) is 6.00. The molecule has 0 spiro atoms. The third-order valence-corrected chi connectivity index (χ3v) is 8.52. The van der Waals surface area contributed by atoms with Gasteiger partial charge in [0.15, 0.2) is 0 Å². The lowest BCUT2D eigenvalue weighted by Crippen LogP contribution is -2.54. The van der Waals surface area contributed by atoms with E-state index in [-0.39, 0.29) is 17.5 Å². The number of hydrogen-bond acceptors (Lipinski definition) is 9. The number of fused-ring (bicyclic) bond motifs is 2. The highest BCUT2D eigenvalue weighted by Gasteiger charge is 2.39. The van der Waals surface area contributed by atoms with Crippen LogP contribution in [0.5, 0.6) is 0 Å². The number of rotatable bonds is 6. The number of halogens is 1. The van der Waals surface area contributed by atoms with Gasteiger partial charge in [-0.05, 0) is 38.0 Å². The zero-order chi connectivity index (χ0) is 27.0. The van der Waals surface area contributed by atoms with Gasteiger partial charge in [0.05, 0.1) is 41.8 Å². The van der Waals surface area contributed by atoms with Crippen LogP contribution in [0.2, 0.25) is 0 Å². The Hall–Kier alpha value is -3.09. The smallest absolute Gasteiger partial charge is 0.272 e. The number of pyridine rings is 1. The summed E-state index contributed by atoms with van der Waals surface area (Å²) in [6.45, 7) is 3.45. The van der Waals surface area contributed by atoms with Crippen LogP contribution in [0.1, 0.15) is 36.7 Å². The number of dihydropyridines is 1. The minimum Gasteiger partial charge on any atom is -0.481 e. The molecular weight excluding hydrogens is 511 g/mol. The second-order valence-electron chi connectivity index (χ2n) is 10.0. The van der Waals surface area contributed by atoms with Crippen LogP contribution in [0, 0.1) is 0 Å². The van der Waals surface area contributed by atoms with E-state index in [9.17, 15) is 19.1 Å². The number of carbonyl (C=O) groups excluding carboxylic acids is 2. The first-order valence-electron chi connectivity index (χ1n) is 12.6. The number of allylic oxidation sites excluding steroid dienone is 1. The molecule has 0 radical (unpaired) electrons. The predicted molar refractivity (Wildman–Crippen MR) is 143 cm³/mol. The van der Waals surface area contributed by atoms with Gasteiger partial charge in [0.2, 0.25) is 11.8 Å². The average molecular weight is 543 g/mol. The second kappa shape index (κ2) is 10.6. The molecule has 0 saturated carbocycles. The number of likely N-dealkylation sites (tertiary alicyclic amines) is 1. The summed E-state index contributed by atoms with van der Waals surface area (Å²) in [5.41, 5.74) is 0.697. The van der Waals surface area contributed by atoms with Gasteiger partial charge < -0.3 is 25.0 Å². The molecule has 0 bridgehead atoms. The highest BCUT2D eigenvalue weighted by Crippen LogP contribution is 2.35. The predicted octanol–water partition coefficient (Wildman–Crippen LogP) is 2.42. The monoisotopic (exact) mass is 542 g/mol. The average Bonchev–Trinajstić information content (AvgIpc) is 2.91. The zero-order valence-electron chi connectivity index (χ0n) is 21.6. The first kappa shape index (κ1) is 26.5. The summed E-state index contributed by atoms with van der Waals surface area (Å²) in [6, 6.07) is 3.04. The first-order valence-corrected chi connectivity index (χ1v) is 13.6. The fourth-order valence-electron chi connectivity index (χ4n) is 5.25. The molecule has 1 aromatic rings. The zero-order valence-corrected chi connectivity index (χ0v) is 22.4. The normalized spacial score (nSPS) is 27.1. The first-order chi connectivity index (χ1) is 18.2.